The first-order valence-corrected chi connectivity index (χ1v) is 9.14. The first kappa shape index (κ1) is 19.5. The van der Waals surface area contributed by atoms with Gasteiger partial charge in [-0.3, -0.25) is 9.79 Å². The van der Waals surface area contributed by atoms with Crippen LogP contribution >= 0.6 is 0 Å². The van der Waals surface area contributed by atoms with Crippen molar-refractivity contribution in [1.29, 1.82) is 0 Å². The second kappa shape index (κ2) is 9.60. The molecule has 0 aromatic rings. The summed E-state index contributed by atoms with van der Waals surface area (Å²) in [6.45, 7) is -0.238. The number of nitrogens with zero attached hydrogens (tertiary/aromatic N) is 1. The van der Waals surface area contributed by atoms with Crippen molar-refractivity contribution in [2.24, 2.45) is 22.4 Å². The maximum Gasteiger partial charge on any atom is 0.329 e. The number of carbonyl (C=O) groups is 2. The molecular formula is C17H30N4O4. The van der Waals surface area contributed by atoms with Crippen LogP contribution in [0.25, 0.3) is 0 Å². The standard InChI is InChI=1S/C17H30N4O4/c18-17(19)21-13-5-3-12(4-6-13)20-15(22)9-11-1-7-14(8-2-11)25-10-16(23)24/h11-14H,1-10H2,(H,20,22)(H,23,24)(H4,18,19,21). The number of hydrogen-bond donors (Lipinski definition) is 4. The van der Waals surface area contributed by atoms with Gasteiger partial charge in [0.1, 0.15) is 6.61 Å². The van der Waals surface area contributed by atoms with Gasteiger partial charge in [0.25, 0.3) is 0 Å². The monoisotopic (exact) mass is 354 g/mol. The molecule has 8 heteroatoms. The van der Waals surface area contributed by atoms with Crippen LogP contribution in [-0.4, -0.2) is 47.7 Å². The average molecular weight is 354 g/mol. The maximum atomic E-state index is 12.2. The summed E-state index contributed by atoms with van der Waals surface area (Å²) in [6.07, 6.45) is 7.64. The zero-order chi connectivity index (χ0) is 18.2. The van der Waals surface area contributed by atoms with E-state index in [0.717, 1.165) is 51.4 Å². The molecule has 2 aliphatic carbocycles. The van der Waals surface area contributed by atoms with E-state index >= 15 is 0 Å². The molecule has 2 aliphatic rings. The Morgan fingerprint density at radius 2 is 1.68 bits per heavy atom. The predicted molar refractivity (Wildman–Crippen MR) is 93.9 cm³/mol. The van der Waals surface area contributed by atoms with Gasteiger partial charge in [0.15, 0.2) is 5.96 Å². The van der Waals surface area contributed by atoms with Gasteiger partial charge in [-0.25, -0.2) is 4.79 Å². The second-order valence-electron chi connectivity index (χ2n) is 7.18. The van der Waals surface area contributed by atoms with Gasteiger partial charge in [-0.15, -0.1) is 0 Å². The summed E-state index contributed by atoms with van der Waals surface area (Å²) >= 11 is 0. The normalized spacial score (nSPS) is 29.6. The van der Waals surface area contributed by atoms with Gasteiger partial charge in [0.2, 0.25) is 5.91 Å². The number of rotatable bonds is 7. The number of guanidine groups is 1. The minimum atomic E-state index is -0.934. The topological polar surface area (TPSA) is 140 Å². The Labute approximate surface area is 148 Å². The number of hydrogen-bond acceptors (Lipinski definition) is 4. The number of amides is 1. The molecule has 142 valence electrons. The minimum Gasteiger partial charge on any atom is -0.480 e. The van der Waals surface area contributed by atoms with Crippen LogP contribution < -0.4 is 16.8 Å². The zero-order valence-corrected chi connectivity index (χ0v) is 14.7. The van der Waals surface area contributed by atoms with Gasteiger partial charge in [0, 0.05) is 12.5 Å². The Balaban J connectivity index is 1.62. The number of nitrogens with one attached hydrogen (secondary N) is 1. The number of nitrogens with two attached hydrogens (primary N) is 2. The first-order chi connectivity index (χ1) is 11.9. The van der Waals surface area contributed by atoms with E-state index in [9.17, 15) is 9.59 Å². The average Bonchev–Trinajstić information content (AvgIpc) is 2.55. The fourth-order valence-electron chi connectivity index (χ4n) is 3.80. The van der Waals surface area contributed by atoms with Gasteiger partial charge < -0.3 is 26.6 Å². The van der Waals surface area contributed by atoms with Crippen LogP contribution in [0.15, 0.2) is 4.99 Å². The van der Waals surface area contributed by atoms with Gasteiger partial charge in [-0.2, -0.15) is 0 Å². The third-order valence-corrected chi connectivity index (χ3v) is 5.10. The summed E-state index contributed by atoms with van der Waals surface area (Å²) in [5.74, 6) is -0.325. The fourth-order valence-corrected chi connectivity index (χ4v) is 3.80. The quantitative estimate of drug-likeness (QED) is 0.392. The van der Waals surface area contributed by atoms with Crippen molar-refractivity contribution in [1.82, 2.24) is 5.32 Å². The summed E-state index contributed by atoms with van der Waals surface area (Å²) < 4.78 is 5.33. The molecule has 2 rings (SSSR count). The smallest absolute Gasteiger partial charge is 0.329 e. The number of carboxylic acid groups (broad SMARTS) is 1. The number of carbonyl (C=O) groups excluding carboxylic acids is 1. The van der Waals surface area contributed by atoms with Gasteiger partial charge in [0.05, 0.1) is 12.1 Å². The molecule has 8 nitrogen and oxygen atoms in total. The van der Waals surface area contributed by atoms with Crippen molar-refractivity contribution >= 4 is 17.8 Å². The van der Waals surface area contributed by atoms with Crippen LogP contribution in [0.1, 0.15) is 57.8 Å². The Kier molecular flexibility index (Phi) is 7.49. The zero-order valence-electron chi connectivity index (χ0n) is 14.7. The summed E-state index contributed by atoms with van der Waals surface area (Å²) in [6, 6.07) is 0.396. The van der Waals surface area contributed by atoms with E-state index in [2.05, 4.69) is 10.3 Å². The van der Waals surface area contributed by atoms with Crippen molar-refractivity contribution in [2.45, 2.75) is 76.0 Å². The second-order valence-corrected chi connectivity index (χ2v) is 7.18. The van der Waals surface area contributed by atoms with Crippen LogP contribution in [0.3, 0.4) is 0 Å². The maximum absolute atomic E-state index is 12.2. The van der Waals surface area contributed by atoms with Crippen molar-refractivity contribution in [3.05, 3.63) is 0 Å². The highest BCUT2D eigenvalue weighted by Gasteiger charge is 2.26. The third-order valence-electron chi connectivity index (χ3n) is 5.10. The van der Waals surface area contributed by atoms with E-state index in [1.807, 2.05) is 0 Å². The minimum absolute atomic E-state index is 0.0150. The number of ether oxygens (including phenoxy) is 1. The molecule has 0 radical (unpaired) electrons. The summed E-state index contributed by atoms with van der Waals surface area (Å²) in [7, 11) is 0. The van der Waals surface area contributed by atoms with Crippen LogP contribution in [0.4, 0.5) is 0 Å². The molecule has 1 amide bonds. The number of aliphatic imine (C=N–C) groups is 1. The Bertz CT molecular complexity index is 477. The highest BCUT2D eigenvalue weighted by atomic mass is 16.5. The molecule has 0 unspecified atom stereocenters. The SMILES string of the molecule is NC(N)=NC1CCC(NC(=O)CC2CCC(OCC(=O)O)CC2)CC1. The highest BCUT2D eigenvalue weighted by Crippen LogP contribution is 2.29. The van der Waals surface area contributed by atoms with Crippen LogP contribution in [0.2, 0.25) is 0 Å². The first-order valence-electron chi connectivity index (χ1n) is 9.14. The lowest BCUT2D eigenvalue weighted by Crippen LogP contribution is -2.40. The van der Waals surface area contributed by atoms with Gasteiger partial charge >= 0.3 is 5.97 Å². The molecule has 0 aromatic carbocycles. The third kappa shape index (κ3) is 7.29. The summed E-state index contributed by atoms with van der Waals surface area (Å²) in [5.41, 5.74) is 10.8. The lowest BCUT2D eigenvalue weighted by molar-refractivity contribution is -0.145. The van der Waals surface area contributed by atoms with E-state index in [-0.39, 0.29) is 36.7 Å². The Morgan fingerprint density at radius 3 is 2.24 bits per heavy atom. The predicted octanol–water partition coefficient (Wildman–Crippen LogP) is 0.737. The molecule has 0 bridgehead atoms. The molecule has 2 saturated carbocycles. The molecule has 0 spiro atoms. The summed E-state index contributed by atoms with van der Waals surface area (Å²) in [5, 5.41) is 11.8. The largest absolute Gasteiger partial charge is 0.480 e. The van der Waals surface area contributed by atoms with Gasteiger partial charge in [-0.1, -0.05) is 0 Å². The van der Waals surface area contributed by atoms with E-state index in [0.29, 0.717) is 12.3 Å². The highest BCUT2D eigenvalue weighted by molar-refractivity contribution is 5.76. The van der Waals surface area contributed by atoms with E-state index < -0.39 is 5.97 Å². The molecule has 0 heterocycles. The fraction of sp³-hybridized carbons (Fsp3) is 0.824. The van der Waals surface area contributed by atoms with E-state index in [4.69, 9.17) is 21.3 Å². The van der Waals surface area contributed by atoms with Crippen molar-refractivity contribution in [3.63, 3.8) is 0 Å². The van der Waals surface area contributed by atoms with E-state index in [1.165, 1.54) is 0 Å². The number of carboxylic acids is 1. The lowest BCUT2D eigenvalue weighted by atomic mass is 9.84. The summed E-state index contributed by atoms with van der Waals surface area (Å²) in [4.78, 5) is 27.0. The van der Waals surface area contributed by atoms with Crippen molar-refractivity contribution in [3.8, 4) is 0 Å². The lowest BCUT2D eigenvalue weighted by Gasteiger charge is -2.30. The molecule has 0 aromatic heterocycles. The molecule has 0 saturated heterocycles. The Hall–Kier alpha value is -1.83. The van der Waals surface area contributed by atoms with Crippen molar-refractivity contribution in [2.75, 3.05) is 6.61 Å². The van der Waals surface area contributed by atoms with E-state index in [1.54, 1.807) is 0 Å². The Morgan fingerprint density at radius 1 is 1.04 bits per heavy atom. The molecule has 0 aliphatic heterocycles. The molecular weight excluding hydrogens is 324 g/mol. The number of aliphatic carboxylic acids is 1. The van der Waals surface area contributed by atoms with Crippen LogP contribution in [-0.2, 0) is 14.3 Å². The van der Waals surface area contributed by atoms with Gasteiger partial charge in [-0.05, 0) is 57.3 Å². The van der Waals surface area contributed by atoms with Crippen LogP contribution in [0.5, 0.6) is 0 Å². The molecule has 6 N–H and O–H groups in total. The molecule has 2 fully saturated rings. The molecule has 0 atom stereocenters. The van der Waals surface area contributed by atoms with Crippen LogP contribution in [0, 0.1) is 5.92 Å². The molecule has 25 heavy (non-hydrogen) atoms. The van der Waals surface area contributed by atoms with Crippen molar-refractivity contribution < 1.29 is 19.4 Å².